The zero-order valence-electron chi connectivity index (χ0n) is 9.14. The molecule has 84 valence electrons. The van der Waals surface area contributed by atoms with Crippen molar-refractivity contribution in [2.45, 2.75) is 13.0 Å². The number of rotatable bonds is 4. The molecule has 0 amide bonds. The molecule has 1 aromatic heterocycles. The van der Waals surface area contributed by atoms with Crippen LogP contribution in [0, 0.1) is 0 Å². The van der Waals surface area contributed by atoms with Crippen LogP contribution >= 0.6 is 0 Å². The van der Waals surface area contributed by atoms with Gasteiger partial charge in [0.1, 0.15) is 12.0 Å². The van der Waals surface area contributed by atoms with Crippen LogP contribution in [0.4, 0.5) is 11.5 Å². The molecule has 0 aromatic carbocycles. The standard InChI is InChI=1S/C9H16N4O2/c1-6(14)4-13(2)8-7(10)9(15-3)12-5-11-8/h5-6,14H,4,10H2,1-3H3. The van der Waals surface area contributed by atoms with Gasteiger partial charge in [0.15, 0.2) is 5.82 Å². The number of methoxy groups -OCH3 is 1. The van der Waals surface area contributed by atoms with Gasteiger partial charge in [0.25, 0.3) is 0 Å². The third-order valence-corrected chi connectivity index (χ3v) is 1.92. The van der Waals surface area contributed by atoms with Crippen molar-refractivity contribution >= 4 is 11.5 Å². The van der Waals surface area contributed by atoms with Crippen molar-refractivity contribution in [3.8, 4) is 5.88 Å². The van der Waals surface area contributed by atoms with Gasteiger partial charge >= 0.3 is 0 Å². The fourth-order valence-electron chi connectivity index (χ4n) is 1.32. The summed E-state index contributed by atoms with van der Waals surface area (Å²) in [6.45, 7) is 2.15. The number of likely N-dealkylation sites (N-methyl/N-ethyl adjacent to an activating group) is 1. The second-order valence-corrected chi connectivity index (χ2v) is 3.35. The molecule has 0 spiro atoms. The molecule has 6 nitrogen and oxygen atoms in total. The number of hydrogen-bond donors (Lipinski definition) is 2. The molecule has 0 saturated carbocycles. The zero-order valence-corrected chi connectivity index (χ0v) is 9.14. The number of ether oxygens (including phenoxy) is 1. The van der Waals surface area contributed by atoms with Crippen LogP contribution in [0.15, 0.2) is 6.33 Å². The van der Waals surface area contributed by atoms with Gasteiger partial charge in [-0.2, -0.15) is 4.98 Å². The van der Waals surface area contributed by atoms with Crippen molar-refractivity contribution in [2.75, 3.05) is 31.3 Å². The van der Waals surface area contributed by atoms with E-state index in [1.807, 2.05) is 0 Å². The molecular formula is C9H16N4O2. The van der Waals surface area contributed by atoms with Gasteiger partial charge in [-0.15, -0.1) is 0 Å². The third kappa shape index (κ3) is 2.69. The molecule has 1 aromatic rings. The summed E-state index contributed by atoms with van der Waals surface area (Å²) >= 11 is 0. The van der Waals surface area contributed by atoms with Crippen LogP contribution in [0.3, 0.4) is 0 Å². The lowest BCUT2D eigenvalue weighted by molar-refractivity contribution is 0.201. The van der Waals surface area contributed by atoms with Crippen molar-refractivity contribution in [1.29, 1.82) is 0 Å². The Morgan fingerprint density at radius 1 is 1.60 bits per heavy atom. The SMILES string of the molecule is COc1ncnc(N(C)CC(C)O)c1N. The molecule has 1 heterocycles. The minimum atomic E-state index is -0.449. The molecule has 1 atom stereocenters. The first-order valence-electron chi connectivity index (χ1n) is 4.60. The third-order valence-electron chi connectivity index (χ3n) is 1.92. The average molecular weight is 212 g/mol. The van der Waals surface area contributed by atoms with Crippen LogP contribution in [0.5, 0.6) is 5.88 Å². The van der Waals surface area contributed by atoms with E-state index in [-0.39, 0.29) is 0 Å². The van der Waals surface area contributed by atoms with Crippen LogP contribution < -0.4 is 15.4 Å². The van der Waals surface area contributed by atoms with Gasteiger partial charge in [-0.25, -0.2) is 4.98 Å². The van der Waals surface area contributed by atoms with Crippen molar-refractivity contribution in [3.05, 3.63) is 6.33 Å². The monoisotopic (exact) mass is 212 g/mol. The van der Waals surface area contributed by atoms with Gasteiger partial charge in [-0.3, -0.25) is 0 Å². The molecule has 15 heavy (non-hydrogen) atoms. The lowest BCUT2D eigenvalue weighted by Gasteiger charge is -2.21. The Hall–Kier alpha value is -1.56. The molecule has 1 rings (SSSR count). The normalized spacial score (nSPS) is 12.3. The van der Waals surface area contributed by atoms with Crippen LogP contribution in [-0.4, -0.2) is 41.9 Å². The van der Waals surface area contributed by atoms with Crippen molar-refractivity contribution in [2.24, 2.45) is 0 Å². The summed E-state index contributed by atoms with van der Waals surface area (Å²) in [4.78, 5) is 9.66. The summed E-state index contributed by atoms with van der Waals surface area (Å²) in [5, 5.41) is 9.24. The fourth-order valence-corrected chi connectivity index (χ4v) is 1.32. The van der Waals surface area contributed by atoms with Crippen LogP contribution in [0.1, 0.15) is 6.92 Å². The van der Waals surface area contributed by atoms with Crippen molar-refractivity contribution in [1.82, 2.24) is 9.97 Å². The molecule has 1 unspecified atom stereocenters. The van der Waals surface area contributed by atoms with Crippen molar-refractivity contribution < 1.29 is 9.84 Å². The topological polar surface area (TPSA) is 84.5 Å². The first-order chi connectivity index (χ1) is 7.06. The Labute approximate surface area is 88.7 Å². The van der Waals surface area contributed by atoms with E-state index in [0.29, 0.717) is 23.9 Å². The number of nitrogens with two attached hydrogens (primary N) is 1. The molecule has 0 aliphatic rings. The molecular weight excluding hydrogens is 196 g/mol. The van der Waals surface area contributed by atoms with Gasteiger partial charge in [0.05, 0.1) is 13.2 Å². The van der Waals surface area contributed by atoms with Crippen LogP contribution in [0.2, 0.25) is 0 Å². The molecule has 0 radical (unpaired) electrons. The van der Waals surface area contributed by atoms with E-state index in [9.17, 15) is 5.11 Å². The van der Waals surface area contributed by atoms with E-state index in [1.54, 1.807) is 18.9 Å². The second kappa shape index (κ2) is 4.79. The average Bonchev–Trinajstić information content (AvgIpc) is 2.17. The van der Waals surface area contributed by atoms with E-state index >= 15 is 0 Å². The van der Waals surface area contributed by atoms with Gasteiger partial charge in [-0.1, -0.05) is 0 Å². The number of aliphatic hydroxyl groups excluding tert-OH is 1. The summed E-state index contributed by atoms with van der Waals surface area (Å²) in [6, 6.07) is 0. The predicted molar refractivity (Wildman–Crippen MR) is 57.9 cm³/mol. The molecule has 0 aliphatic heterocycles. The highest BCUT2D eigenvalue weighted by molar-refractivity contribution is 5.67. The maximum atomic E-state index is 9.24. The highest BCUT2D eigenvalue weighted by Gasteiger charge is 2.13. The summed E-state index contributed by atoms with van der Waals surface area (Å²) in [6.07, 6.45) is 0.929. The molecule has 0 aliphatic carbocycles. The largest absolute Gasteiger partial charge is 0.479 e. The van der Waals surface area contributed by atoms with Crippen LogP contribution in [-0.2, 0) is 0 Å². The summed E-state index contributed by atoms with van der Waals surface area (Å²) < 4.78 is 4.98. The summed E-state index contributed by atoms with van der Waals surface area (Å²) in [5.41, 5.74) is 6.18. The lowest BCUT2D eigenvalue weighted by Crippen LogP contribution is -2.28. The predicted octanol–water partition coefficient (Wildman–Crippen LogP) is -0.116. The van der Waals surface area contributed by atoms with Gasteiger partial charge in [0, 0.05) is 13.6 Å². The Bertz CT molecular complexity index is 330. The first-order valence-corrected chi connectivity index (χ1v) is 4.60. The van der Waals surface area contributed by atoms with Crippen LogP contribution in [0.25, 0.3) is 0 Å². The highest BCUT2D eigenvalue weighted by Crippen LogP contribution is 2.26. The number of nitrogens with zero attached hydrogens (tertiary/aromatic N) is 3. The second-order valence-electron chi connectivity index (χ2n) is 3.35. The molecule has 0 bridgehead atoms. The molecule has 6 heteroatoms. The quantitative estimate of drug-likeness (QED) is 0.724. The molecule has 0 saturated heterocycles. The smallest absolute Gasteiger partial charge is 0.242 e. The van der Waals surface area contributed by atoms with Gasteiger partial charge in [-0.05, 0) is 6.92 Å². The Balaban J connectivity index is 2.93. The Morgan fingerprint density at radius 2 is 2.27 bits per heavy atom. The van der Waals surface area contributed by atoms with E-state index in [0.717, 1.165) is 0 Å². The van der Waals surface area contributed by atoms with E-state index in [2.05, 4.69) is 9.97 Å². The summed E-state index contributed by atoms with van der Waals surface area (Å²) in [7, 11) is 3.29. The van der Waals surface area contributed by atoms with Gasteiger partial charge < -0.3 is 20.5 Å². The molecule has 3 N–H and O–H groups in total. The number of aromatic nitrogens is 2. The Morgan fingerprint density at radius 3 is 2.80 bits per heavy atom. The molecule has 0 fully saturated rings. The zero-order chi connectivity index (χ0) is 11.4. The number of aliphatic hydroxyl groups is 1. The number of anilines is 2. The maximum Gasteiger partial charge on any atom is 0.242 e. The van der Waals surface area contributed by atoms with Gasteiger partial charge in [0.2, 0.25) is 5.88 Å². The number of nitrogen functional groups attached to an aromatic ring is 1. The fraction of sp³-hybridized carbons (Fsp3) is 0.556. The van der Waals surface area contributed by atoms with Crippen molar-refractivity contribution in [3.63, 3.8) is 0 Å². The Kier molecular flexibility index (Phi) is 3.68. The first kappa shape index (κ1) is 11.5. The minimum absolute atomic E-state index is 0.345. The number of hydrogen-bond acceptors (Lipinski definition) is 6. The minimum Gasteiger partial charge on any atom is -0.479 e. The maximum absolute atomic E-state index is 9.24. The highest BCUT2D eigenvalue weighted by atomic mass is 16.5. The van der Waals surface area contributed by atoms with E-state index < -0.39 is 6.10 Å². The van der Waals surface area contributed by atoms with E-state index in [1.165, 1.54) is 13.4 Å². The summed E-state index contributed by atoms with van der Waals surface area (Å²) in [5.74, 6) is 0.903. The van der Waals surface area contributed by atoms with E-state index in [4.69, 9.17) is 10.5 Å². The lowest BCUT2D eigenvalue weighted by atomic mass is 10.3.